The molecule has 0 unspecified atom stereocenters. The van der Waals surface area contributed by atoms with Crippen molar-refractivity contribution in [3.63, 3.8) is 0 Å². The Balaban J connectivity index is 1.55. The minimum atomic E-state index is -0.592. The highest BCUT2D eigenvalue weighted by molar-refractivity contribution is 6.08. The molecule has 8 heteroatoms. The van der Waals surface area contributed by atoms with Crippen LogP contribution in [0, 0.1) is 13.8 Å². The summed E-state index contributed by atoms with van der Waals surface area (Å²) in [7, 11) is 0. The second-order valence-corrected chi connectivity index (χ2v) is 7.65. The molecule has 0 radical (unpaired) electrons. The maximum absolute atomic E-state index is 12.8. The predicted molar refractivity (Wildman–Crippen MR) is 111 cm³/mol. The Hall–Kier alpha value is -3.81. The molecule has 3 aromatic heterocycles. The summed E-state index contributed by atoms with van der Waals surface area (Å²) in [4.78, 5) is 25.3. The quantitative estimate of drug-likeness (QED) is 0.458. The van der Waals surface area contributed by atoms with Gasteiger partial charge in [0.15, 0.2) is 17.2 Å². The zero-order chi connectivity index (χ0) is 21.5. The molecule has 0 aliphatic rings. The molecule has 0 bridgehead atoms. The molecule has 2 amide bonds. The van der Waals surface area contributed by atoms with Crippen LogP contribution in [-0.4, -0.2) is 22.0 Å². The van der Waals surface area contributed by atoms with Crippen LogP contribution in [0.3, 0.4) is 0 Å². The molecule has 0 fully saturated rings. The van der Waals surface area contributed by atoms with Gasteiger partial charge in [-0.2, -0.15) is 5.10 Å². The minimum absolute atomic E-state index is 0.119. The lowest BCUT2D eigenvalue weighted by Crippen LogP contribution is -2.40. The molecule has 1 aromatic carbocycles. The molecule has 0 saturated heterocycles. The van der Waals surface area contributed by atoms with Crippen LogP contribution < -0.4 is 10.6 Å². The number of amides is 2. The second kappa shape index (κ2) is 7.22. The van der Waals surface area contributed by atoms with Crippen LogP contribution in [0.15, 0.2) is 51.3 Å². The number of hydrogen-bond acceptors (Lipinski definition) is 5. The first-order valence-corrected chi connectivity index (χ1v) is 9.49. The van der Waals surface area contributed by atoms with E-state index in [0.717, 1.165) is 5.56 Å². The number of aromatic amines is 1. The van der Waals surface area contributed by atoms with Crippen LogP contribution in [0.2, 0.25) is 0 Å². The van der Waals surface area contributed by atoms with E-state index in [1.165, 1.54) is 0 Å². The zero-order valence-corrected chi connectivity index (χ0v) is 17.1. The number of aromatic nitrogens is 2. The van der Waals surface area contributed by atoms with Gasteiger partial charge in [-0.1, -0.05) is 30.3 Å². The van der Waals surface area contributed by atoms with Crippen molar-refractivity contribution < 1.29 is 18.4 Å². The van der Waals surface area contributed by atoms with Crippen molar-refractivity contribution in [1.29, 1.82) is 0 Å². The van der Waals surface area contributed by atoms with Gasteiger partial charge in [0.2, 0.25) is 0 Å². The van der Waals surface area contributed by atoms with Crippen molar-refractivity contribution in [3.05, 3.63) is 70.9 Å². The fraction of sp³-hybridized carbons (Fsp3) is 0.227. The molecule has 0 atom stereocenters. The van der Waals surface area contributed by atoms with Crippen LogP contribution >= 0.6 is 0 Å². The molecular formula is C22H22N4O4. The first-order valence-electron chi connectivity index (χ1n) is 9.49. The van der Waals surface area contributed by atoms with Crippen molar-refractivity contribution in [1.82, 2.24) is 15.5 Å². The zero-order valence-electron chi connectivity index (χ0n) is 17.1. The second-order valence-electron chi connectivity index (χ2n) is 7.65. The third kappa shape index (κ3) is 3.59. The number of aryl methyl sites for hydroxylation is 2. The molecule has 0 spiro atoms. The number of benzene rings is 1. The molecule has 30 heavy (non-hydrogen) atoms. The van der Waals surface area contributed by atoms with Gasteiger partial charge >= 0.3 is 0 Å². The smallest absolute Gasteiger partial charge is 0.287 e. The van der Waals surface area contributed by atoms with E-state index in [9.17, 15) is 9.59 Å². The highest BCUT2D eigenvalue weighted by Crippen LogP contribution is 2.27. The molecule has 4 rings (SSSR count). The number of fused-ring (bicyclic) bond motifs is 1. The molecule has 0 aliphatic heterocycles. The summed E-state index contributed by atoms with van der Waals surface area (Å²) < 4.78 is 11.1. The molecule has 154 valence electrons. The molecule has 0 saturated carbocycles. The minimum Gasteiger partial charge on any atom is -0.466 e. The van der Waals surface area contributed by atoms with E-state index in [1.807, 2.05) is 44.2 Å². The van der Waals surface area contributed by atoms with Gasteiger partial charge in [0.1, 0.15) is 17.0 Å². The van der Waals surface area contributed by atoms with Crippen molar-refractivity contribution in [2.24, 2.45) is 0 Å². The SMILES string of the molecule is Cc1cc(C(=O)Nc2n[nH]c3cc(C(=O)NC(C)(C)c4ccccc4)oc23)c(C)o1. The largest absolute Gasteiger partial charge is 0.466 e. The fourth-order valence-electron chi connectivity index (χ4n) is 3.32. The monoisotopic (exact) mass is 406 g/mol. The summed E-state index contributed by atoms with van der Waals surface area (Å²) in [6.45, 7) is 7.31. The molecule has 3 heterocycles. The van der Waals surface area contributed by atoms with Crippen LogP contribution in [0.4, 0.5) is 5.82 Å². The average molecular weight is 406 g/mol. The molecule has 3 N–H and O–H groups in total. The van der Waals surface area contributed by atoms with Gasteiger partial charge in [0.25, 0.3) is 11.8 Å². The third-order valence-electron chi connectivity index (χ3n) is 4.90. The van der Waals surface area contributed by atoms with E-state index in [2.05, 4.69) is 20.8 Å². The van der Waals surface area contributed by atoms with E-state index in [1.54, 1.807) is 26.0 Å². The normalized spacial score (nSPS) is 11.6. The van der Waals surface area contributed by atoms with E-state index in [-0.39, 0.29) is 23.4 Å². The lowest BCUT2D eigenvalue weighted by Gasteiger charge is -2.26. The molecule has 8 nitrogen and oxygen atoms in total. The summed E-state index contributed by atoms with van der Waals surface area (Å²) in [5.41, 5.74) is 1.59. The summed E-state index contributed by atoms with van der Waals surface area (Å²) >= 11 is 0. The first kappa shape index (κ1) is 19.5. The molecule has 4 aromatic rings. The van der Waals surface area contributed by atoms with E-state index < -0.39 is 5.54 Å². The summed E-state index contributed by atoms with van der Waals surface area (Å²) in [5.74, 6) is 0.739. The number of carbonyl (C=O) groups excluding carboxylic acids is 2. The van der Waals surface area contributed by atoms with E-state index >= 15 is 0 Å². The lowest BCUT2D eigenvalue weighted by molar-refractivity contribution is 0.0885. The summed E-state index contributed by atoms with van der Waals surface area (Å²) in [6, 6.07) is 12.9. The highest BCUT2D eigenvalue weighted by atomic mass is 16.4. The number of nitrogens with one attached hydrogen (secondary N) is 3. The predicted octanol–water partition coefficient (Wildman–Crippen LogP) is 4.28. The topological polar surface area (TPSA) is 113 Å². The number of rotatable bonds is 5. The van der Waals surface area contributed by atoms with Crippen LogP contribution in [0.5, 0.6) is 0 Å². The van der Waals surface area contributed by atoms with Gasteiger partial charge in [-0.15, -0.1) is 0 Å². The number of furan rings is 2. The Bertz CT molecular complexity index is 1230. The lowest BCUT2D eigenvalue weighted by atomic mass is 9.94. The highest BCUT2D eigenvalue weighted by Gasteiger charge is 2.26. The number of anilines is 1. The van der Waals surface area contributed by atoms with Gasteiger partial charge in [0, 0.05) is 6.07 Å². The van der Waals surface area contributed by atoms with Gasteiger partial charge in [-0.3, -0.25) is 14.7 Å². The Morgan fingerprint density at radius 2 is 1.77 bits per heavy atom. The summed E-state index contributed by atoms with van der Waals surface area (Å²) in [6.07, 6.45) is 0. The number of hydrogen-bond donors (Lipinski definition) is 3. The third-order valence-corrected chi connectivity index (χ3v) is 4.90. The van der Waals surface area contributed by atoms with Crippen LogP contribution in [-0.2, 0) is 5.54 Å². The number of nitrogens with zero attached hydrogens (tertiary/aromatic N) is 1. The van der Waals surface area contributed by atoms with Gasteiger partial charge < -0.3 is 19.5 Å². The Labute approximate surface area is 172 Å². The maximum atomic E-state index is 12.8. The van der Waals surface area contributed by atoms with Gasteiger partial charge in [-0.25, -0.2) is 0 Å². The van der Waals surface area contributed by atoms with Crippen molar-refractivity contribution in [2.75, 3.05) is 5.32 Å². The number of carbonyl (C=O) groups is 2. The van der Waals surface area contributed by atoms with Gasteiger partial charge in [0.05, 0.1) is 11.1 Å². The van der Waals surface area contributed by atoms with Crippen molar-refractivity contribution >= 4 is 28.7 Å². The molecule has 0 aliphatic carbocycles. The maximum Gasteiger partial charge on any atom is 0.287 e. The van der Waals surface area contributed by atoms with Crippen LogP contribution in [0.1, 0.15) is 51.8 Å². The summed E-state index contributed by atoms with van der Waals surface area (Å²) in [5, 5.41) is 12.5. The van der Waals surface area contributed by atoms with E-state index in [4.69, 9.17) is 8.83 Å². The van der Waals surface area contributed by atoms with Gasteiger partial charge in [-0.05, 0) is 39.3 Å². The van der Waals surface area contributed by atoms with Crippen molar-refractivity contribution in [3.8, 4) is 0 Å². The standard InChI is InChI=1S/C22H22N4O4/c1-12-10-15(13(2)29-12)20(27)23-19-18-16(25-26-19)11-17(30-18)21(28)24-22(3,4)14-8-6-5-7-9-14/h5-11H,1-4H3,(H,24,28)(H2,23,25,26,27). The fourth-order valence-corrected chi connectivity index (χ4v) is 3.32. The Morgan fingerprint density at radius 3 is 2.43 bits per heavy atom. The number of H-pyrrole nitrogens is 1. The van der Waals surface area contributed by atoms with Crippen LogP contribution in [0.25, 0.3) is 11.1 Å². The first-order chi connectivity index (χ1) is 14.2. The Morgan fingerprint density at radius 1 is 1.03 bits per heavy atom. The molecular weight excluding hydrogens is 384 g/mol. The average Bonchev–Trinajstić information content (AvgIpc) is 3.37. The van der Waals surface area contributed by atoms with Crippen molar-refractivity contribution in [2.45, 2.75) is 33.2 Å². The Kier molecular flexibility index (Phi) is 4.69. The van der Waals surface area contributed by atoms with E-state index in [0.29, 0.717) is 28.2 Å².